The number of aryl methyl sites for hydroxylation is 1. The topological polar surface area (TPSA) is 101 Å². The molecule has 1 aliphatic rings. The van der Waals surface area contributed by atoms with Crippen molar-refractivity contribution >= 4 is 31.5 Å². The van der Waals surface area contributed by atoms with Crippen LogP contribution in [0.1, 0.15) is 37.4 Å². The van der Waals surface area contributed by atoms with Crippen LogP contribution in [0, 0.1) is 0 Å². The molecule has 7 nitrogen and oxygen atoms in total. The van der Waals surface area contributed by atoms with Crippen molar-refractivity contribution in [2.75, 3.05) is 17.7 Å². The molecule has 3 rings (SSSR count). The SMILES string of the molecule is CC(=O)N1CCCc2cc(S(=O)(=O)N[C@H](C)c3ccc(S(C)(=O)=O)cc3)ccc21. The lowest BCUT2D eigenvalue weighted by Crippen LogP contribution is -2.34. The van der Waals surface area contributed by atoms with Crippen LogP contribution in [0.5, 0.6) is 0 Å². The van der Waals surface area contributed by atoms with Crippen LogP contribution in [0.2, 0.25) is 0 Å². The second-order valence-corrected chi connectivity index (χ2v) is 11.0. The van der Waals surface area contributed by atoms with E-state index in [1.165, 1.54) is 25.1 Å². The molecule has 1 amide bonds. The summed E-state index contributed by atoms with van der Waals surface area (Å²) < 4.78 is 51.5. The van der Waals surface area contributed by atoms with Crippen LogP contribution >= 0.6 is 0 Å². The van der Waals surface area contributed by atoms with E-state index in [1.54, 1.807) is 36.1 Å². The average Bonchev–Trinajstić information content (AvgIpc) is 2.66. The van der Waals surface area contributed by atoms with Gasteiger partial charge in [0, 0.05) is 31.5 Å². The third-order valence-corrected chi connectivity index (χ3v) is 7.67. The summed E-state index contributed by atoms with van der Waals surface area (Å²) in [5.41, 5.74) is 2.24. The van der Waals surface area contributed by atoms with Gasteiger partial charge in [-0.3, -0.25) is 4.79 Å². The molecule has 0 radical (unpaired) electrons. The number of benzene rings is 2. The van der Waals surface area contributed by atoms with Crippen LogP contribution < -0.4 is 9.62 Å². The van der Waals surface area contributed by atoms with Crippen molar-refractivity contribution in [1.82, 2.24) is 4.72 Å². The highest BCUT2D eigenvalue weighted by atomic mass is 32.2. The minimum Gasteiger partial charge on any atom is -0.312 e. The van der Waals surface area contributed by atoms with Gasteiger partial charge in [0.1, 0.15) is 0 Å². The minimum absolute atomic E-state index is 0.0640. The number of rotatable bonds is 5. The van der Waals surface area contributed by atoms with Crippen LogP contribution in [-0.2, 0) is 31.1 Å². The average molecular weight is 437 g/mol. The molecule has 2 aromatic carbocycles. The van der Waals surface area contributed by atoms with Crippen molar-refractivity contribution in [2.24, 2.45) is 0 Å². The maximum absolute atomic E-state index is 12.9. The van der Waals surface area contributed by atoms with Gasteiger partial charge in [-0.15, -0.1) is 0 Å². The van der Waals surface area contributed by atoms with Crippen molar-refractivity contribution in [3.05, 3.63) is 53.6 Å². The number of nitrogens with zero attached hydrogens (tertiary/aromatic N) is 1. The molecule has 0 fully saturated rings. The van der Waals surface area contributed by atoms with Gasteiger partial charge in [-0.2, -0.15) is 0 Å². The summed E-state index contributed by atoms with van der Waals surface area (Å²) in [6, 6.07) is 10.4. The van der Waals surface area contributed by atoms with E-state index in [4.69, 9.17) is 0 Å². The minimum atomic E-state index is -3.79. The normalized spacial score (nSPS) is 15.6. The Morgan fingerprint density at radius 1 is 1.03 bits per heavy atom. The molecule has 1 atom stereocenters. The van der Waals surface area contributed by atoms with Crippen molar-refractivity contribution in [3.63, 3.8) is 0 Å². The second kappa shape index (κ2) is 7.89. The summed E-state index contributed by atoms with van der Waals surface area (Å²) in [5, 5.41) is 0. The Labute approximate surface area is 171 Å². The van der Waals surface area contributed by atoms with E-state index in [-0.39, 0.29) is 15.7 Å². The van der Waals surface area contributed by atoms with Crippen LogP contribution in [-0.4, -0.2) is 35.5 Å². The largest absolute Gasteiger partial charge is 0.312 e. The molecule has 0 aliphatic carbocycles. The highest BCUT2D eigenvalue weighted by molar-refractivity contribution is 7.90. The third-order valence-electron chi connectivity index (χ3n) is 5.00. The monoisotopic (exact) mass is 436 g/mol. The van der Waals surface area contributed by atoms with Gasteiger partial charge in [-0.25, -0.2) is 21.6 Å². The number of sulfonamides is 1. The zero-order valence-corrected chi connectivity index (χ0v) is 18.2. The first-order valence-corrected chi connectivity index (χ1v) is 12.6. The molecular weight excluding hydrogens is 412 g/mol. The van der Waals surface area contributed by atoms with E-state index >= 15 is 0 Å². The molecule has 1 aliphatic heterocycles. The van der Waals surface area contributed by atoms with Crippen LogP contribution in [0.25, 0.3) is 0 Å². The van der Waals surface area contributed by atoms with Crippen LogP contribution in [0.4, 0.5) is 5.69 Å². The summed E-state index contributed by atoms with van der Waals surface area (Å²) in [6.07, 6.45) is 2.62. The maximum Gasteiger partial charge on any atom is 0.241 e. The molecule has 29 heavy (non-hydrogen) atoms. The van der Waals surface area contributed by atoms with E-state index in [1.807, 2.05) is 0 Å². The van der Waals surface area contributed by atoms with Crippen molar-refractivity contribution in [3.8, 4) is 0 Å². The molecule has 1 N–H and O–H groups in total. The van der Waals surface area contributed by atoms with E-state index in [0.29, 0.717) is 18.5 Å². The zero-order chi connectivity index (χ0) is 21.4. The van der Waals surface area contributed by atoms with Gasteiger partial charge in [-0.05, 0) is 61.2 Å². The van der Waals surface area contributed by atoms with Crippen LogP contribution in [0.15, 0.2) is 52.3 Å². The first-order valence-electron chi connectivity index (χ1n) is 9.22. The molecule has 0 unspecified atom stereocenters. The Bertz CT molecular complexity index is 1140. The molecule has 0 spiro atoms. The summed E-state index contributed by atoms with van der Waals surface area (Å²) in [4.78, 5) is 13.8. The fraction of sp³-hybridized carbons (Fsp3) is 0.350. The van der Waals surface area contributed by atoms with E-state index in [2.05, 4.69) is 4.72 Å². The number of amides is 1. The first-order chi connectivity index (χ1) is 13.5. The summed E-state index contributed by atoms with van der Waals surface area (Å²) in [7, 11) is -7.10. The fourth-order valence-corrected chi connectivity index (χ4v) is 5.35. The number of carbonyl (C=O) groups is 1. The Kier molecular flexibility index (Phi) is 5.84. The lowest BCUT2D eigenvalue weighted by molar-refractivity contribution is -0.116. The number of fused-ring (bicyclic) bond motifs is 1. The van der Waals surface area contributed by atoms with Gasteiger partial charge >= 0.3 is 0 Å². The smallest absolute Gasteiger partial charge is 0.241 e. The van der Waals surface area contributed by atoms with Crippen molar-refractivity contribution in [1.29, 1.82) is 0 Å². The van der Waals surface area contributed by atoms with Gasteiger partial charge in [0.15, 0.2) is 9.84 Å². The molecule has 156 valence electrons. The number of nitrogens with one attached hydrogen (secondary N) is 1. The van der Waals surface area contributed by atoms with Gasteiger partial charge in [0.05, 0.1) is 9.79 Å². The standard InChI is InChI=1S/C20H24N2O5S2/c1-14(16-6-8-18(9-7-16)28(3,24)25)21-29(26,27)19-10-11-20-17(13-19)5-4-12-22(20)15(2)23/h6-11,13-14,21H,4-5,12H2,1-3H3/t14-/m1/s1. The molecule has 0 saturated carbocycles. The Balaban J connectivity index is 1.83. The molecule has 1 heterocycles. The first kappa shape index (κ1) is 21.5. The molecule has 0 saturated heterocycles. The summed E-state index contributed by atoms with van der Waals surface area (Å²) in [6.45, 7) is 3.83. The summed E-state index contributed by atoms with van der Waals surface area (Å²) >= 11 is 0. The number of hydrogen-bond donors (Lipinski definition) is 1. The predicted molar refractivity (Wildman–Crippen MR) is 111 cm³/mol. The molecular formula is C20H24N2O5S2. The van der Waals surface area contributed by atoms with Gasteiger partial charge < -0.3 is 4.90 Å². The maximum atomic E-state index is 12.9. The Morgan fingerprint density at radius 3 is 2.24 bits per heavy atom. The second-order valence-electron chi connectivity index (χ2n) is 7.25. The Morgan fingerprint density at radius 2 is 1.66 bits per heavy atom. The van der Waals surface area contributed by atoms with Gasteiger partial charge in [0.2, 0.25) is 15.9 Å². The van der Waals surface area contributed by atoms with Gasteiger partial charge in [0.25, 0.3) is 0 Å². The number of anilines is 1. The zero-order valence-electron chi connectivity index (χ0n) is 16.5. The summed E-state index contributed by atoms with van der Waals surface area (Å²) in [5.74, 6) is -0.0640. The van der Waals surface area contributed by atoms with E-state index in [0.717, 1.165) is 23.9 Å². The molecule has 2 aromatic rings. The third kappa shape index (κ3) is 4.68. The predicted octanol–water partition coefficient (Wildman–Crippen LogP) is 2.43. The van der Waals surface area contributed by atoms with Crippen molar-refractivity contribution in [2.45, 2.75) is 42.5 Å². The number of hydrogen-bond acceptors (Lipinski definition) is 5. The molecule has 0 aromatic heterocycles. The number of sulfone groups is 1. The van der Waals surface area contributed by atoms with E-state index in [9.17, 15) is 21.6 Å². The van der Waals surface area contributed by atoms with Crippen molar-refractivity contribution < 1.29 is 21.6 Å². The Hall–Kier alpha value is -2.23. The van der Waals surface area contributed by atoms with Crippen LogP contribution in [0.3, 0.4) is 0 Å². The lowest BCUT2D eigenvalue weighted by atomic mass is 10.0. The molecule has 9 heteroatoms. The lowest BCUT2D eigenvalue weighted by Gasteiger charge is -2.29. The molecule has 0 bridgehead atoms. The highest BCUT2D eigenvalue weighted by Gasteiger charge is 2.24. The van der Waals surface area contributed by atoms with Gasteiger partial charge in [-0.1, -0.05) is 12.1 Å². The fourth-order valence-electron chi connectivity index (χ4n) is 3.44. The quantitative estimate of drug-likeness (QED) is 0.776. The highest BCUT2D eigenvalue weighted by Crippen LogP contribution is 2.30. The number of carbonyl (C=O) groups excluding carboxylic acids is 1. The van der Waals surface area contributed by atoms with E-state index < -0.39 is 25.9 Å².